The van der Waals surface area contributed by atoms with Gasteiger partial charge in [0.1, 0.15) is 0 Å². The Morgan fingerprint density at radius 2 is 0.429 bits per heavy atom. The second-order valence-corrected chi connectivity index (χ2v) is 0. The van der Waals surface area contributed by atoms with E-state index in [4.69, 9.17) is 0 Å². The molecule has 45 valence electrons. The third kappa shape index (κ3) is 572. The van der Waals surface area contributed by atoms with Crippen LogP contribution in [-0.2, 0) is 38.7 Å². The van der Waals surface area contributed by atoms with E-state index in [9.17, 15) is 0 Å². The topological polar surface area (TPSA) is 114 Å². The fraction of sp³-hybridized carbons (Fsp3) is 0. The van der Waals surface area contributed by atoms with Crippen LogP contribution in [0.4, 0.5) is 0 Å². The fourth-order valence-electron chi connectivity index (χ4n) is 0. The van der Waals surface area contributed by atoms with Gasteiger partial charge in [-0.1, -0.05) is 0 Å². The van der Waals surface area contributed by atoms with Crippen LogP contribution in [0.25, 0.3) is 0 Å². The molecular formula is B2CoO4-6. The Bertz CT molecular complexity index is 9.65. The predicted molar refractivity (Wildman–Crippen MR) is 14.3 cm³/mol. The molecule has 0 rings (SSSR count). The molecule has 0 heterocycles. The van der Waals surface area contributed by atoms with Gasteiger partial charge in [-0.25, -0.2) is 0 Å². The smallest absolute Gasteiger partial charge is 2.00 e. The van der Waals surface area contributed by atoms with Crippen LogP contribution in [0.2, 0.25) is 0 Å². The summed E-state index contributed by atoms with van der Waals surface area (Å²) in [6, 6.07) is 0. The molecular weight excluding hydrogens is 145 g/mol. The third-order valence-corrected chi connectivity index (χ3v) is 0. The monoisotopic (exact) mass is 145 g/mol. The van der Waals surface area contributed by atoms with Crippen LogP contribution in [0.5, 0.6) is 0 Å². The molecule has 4 nitrogen and oxygen atoms in total. The Kier molecular flexibility index (Phi) is 169000. The first-order valence-corrected chi connectivity index (χ1v) is 0. The molecule has 0 aliphatic heterocycles. The molecule has 0 saturated carbocycles. The molecule has 0 unspecified atom stereocenters. The van der Waals surface area contributed by atoms with Crippen molar-refractivity contribution in [3.63, 3.8) is 0 Å². The summed E-state index contributed by atoms with van der Waals surface area (Å²) in [6.45, 7) is 0. The summed E-state index contributed by atoms with van der Waals surface area (Å²) in [4.78, 5) is 0. The molecule has 7 heavy (non-hydrogen) atoms. The summed E-state index contributed by atoms with van der Waals surface area (Å²) >= 11 is 0. The summed E-state index contributed by atoms with van der Waals surface area (Å²) in [5.41, 5.74) is 0. The van der Waals surface area contributed by atoms with Gasteiger partial charge in [-0.3, -0.25) is 0 Å². The van der Waals surface area contributed by atoms with E-state index >= 15 is 0 Å². The largest absolute Gasteiger partial charge is 2.00 e. The maximum atomic E-state index is 0. The van der Waals surface area contributed by atoms with Crippen LogP contribution in [0, 0.1) is 0 Å². The maximum Gasteiger partial charge on any atom is 2.00 e. The van der Waals surface area contributed by atoms with Gasteiger partial charge in [0.2, 0.25) is 0 Å². The molecule has 0 aromatic carbocycles. The minimum atomic E-state index is 0. The van der Waals surface area contributed by atoms with Gasteiger partial charge in [-0.2, -0.15) is 0 Å². The van der Waals surface area contributed by atoms with Crippen molar-refractivity contribution in [1.29, 1.82) is 0 Å². The molecule has 0 aromatic heterocycles. The van der Waals surface area contributed by atoms with Crippen LogP contribution < -0.4 is 0 Å². The van der Waals surface area contributed by atoms with Crippen molar-refractivity contribution in [3.05, 3.63) is 0 Å². The van der Waals surface area contributed by atoms with Crippen molar-refractivity contribution in [2.24, 2.45) is 0 Å². The molecule has 0 spiro atoms. The molecule has 0 bridgehead atoms. The third-order valence-electron chi connectivity index (χ3n) is 0. The first kappa shape index (κ1) is 1380. The second-order valence-electron chi connectivity index (χ2n) is 0. The minimum absolute atomic E-state index is 0. The van der Waals surface area contributed by atoms with Gasteiger partial charge in [0.15, 0.2) is 0 Å². The second kappa shape index (κ2) is 856. The Labute approximate surface area is 56.3 Å². The quantitative estimate of drug-likeness (QED) is 0.379. The van der Waals surface area contributed by atoms with E-state index in [2.05, 4.69) is 0 Å². The summed E-state index contributed by atoms with van der Waals surface area (Å²) in [5, 5.41) is 0. The van der Waals surface area contributed by atoms with E-state index in [0.717, 1.165) is 0 Å². The van der Waals surface area contributed by atoms with E-state index in [-0.39, 0.29) is 55.5 Å². The Hall–Kier alpha value is 0.476. The normalized spacial score (nSPS) is 0. The van der Waals surface area contributed by atoms with E-state index in [1.54, 1.807) is 0 Å². The van der Waals surface area contributed by atoms with Crippen molar-refractivity contribution >= 4 is 16.8 Å². The van der Waals surface area contributed by atoms with Gasteiger partial charge < -0.3 is 21.9 Å². The minimum Gasteiger partial charge on any atom is -2.00 e. The first-order chi connectivity index (χ1) is 0. The van der Waals surface area contributed by atoms with E-state index < -0.39 is 0 Å². The van der Waals surface area contributed by atoms with Crippen LogP contribution in [0.3, 0.4) is 0 Å². The number of hydrogen-bond acceptors (Lipinski definition) is 0. The molecule has 7 heteroatoms. The van der Waals surface area contributed by atoms with E-state index in [0.29, 0.717) is 0 Å². The summed E-state index contributed by atoms with van der Waals surface area (Å²) < 4.78 is 0. The van der Waals surface area contributed by atoms with Crippen LogP contribution in [0.15, 0.2) is 0 Å². The number of hydrogen-bond donors (Lipinski definition) is 0. The summed E-state index contributed by atoms with van der Waals surface area (Å²) in [6.07, 6.45) is 0. The Morgan fingerprint density at radius 1 is 0.429 bits per heavy atom. The van der Waals surface area contributed by atoms with Crippen molar-refractivity contribution in [1.82, 2.24) is 0 Å². The molecule has 0 atom stereocenters. The van der Waals surface area contributed by atoms with Crippen molar-refractivity contribution in [2.75, 3.05) is 0 Å². The summed E-state index contributed by atoms with van der Waals surface area (Å²) in [7, 11) is 0. The average molecular weight is 145 g/mol. The fourth-order valence-corrected chi connectivity index (χ4v) is 0. The van der Waals surface area contributed by atoms with Gasteiger partial charge >= 0.3 is 16.8 Å². The Morgan fingerprint density at radius 3 is 0.429 bits per heavy atom. The molecule has 0 aliphatic carbocycles. The van der Waals surface area contributed by atoms with Gasteiger partial charge in [0.25, 0.3) is 0 Å². The first-order valence-electron chi connectivity index (χ1n) is 0. The van der Waals surface area contributed by atoms with Crippen LogP contribution >= 0.6 is 0 Å². The van der Waals surface area contributed by atoms with Crippen LogP contribution in [-0.4, -0.2) is 16.8 Å². The molecule has 0 fully saturated rings. The molecule has 7 radical (unpaired) electrons. The van der Waals surface area contributed by atoms with Gasteiger partial charge in [0.05, 0.1) is 0 Å². The zero-order valence-corrected chi connectivity index (χ0v) is 4.16. The number of rotatable bonds is 0. The van der Waals surface area contributed by atoms with Crippen LogP contribution in [0.1, 0.15) is 0 Å². The molecule has 0 N–H and O–H groups in total. The van der Waals surface area contributed by atoms with E-state index in [1.807, 2.05) is 0 Å². The van der Waals surface area contributed by atoms with Gasteiger partial charge in [-0.15, -0.1) is 0 Å². The molecule has 0 aromatic rings. The molecule has 0 aliphatic rings. The van der Waals surface area contributed by atoms with Crippen molar-refractivity contribution in [3.8, 4) is 0 Å². The van der Waals surface area contributed by atoms with Gasteiger partial charge in [0, 0.05) is 16.8 Å². The summed E-state index contributed by atoms with van der Waals surface area (Å²) in [5.74, 6) is 0. The zero-order valence-electron chi connectivity index (χ0n) is 3.12. The van der Waals surface area contributed by atoms with Crippen molar-refractivity contribution < 1.29 is 38.7 Å². The molecule has 0 amide bonds. The maximum absolute atomic E-state index is 0. The SMILES string of the molecule is [B].[B].[Co+2].[O-2].[O-2].[O-2].[O-2]. The zero-order chi connectivity index (χ0) is 0. The van der Waals surface area contributed by atoms with E-state index in [1.165, 1.54) is 0 Å². The predicted octanol–water partition coefficient (Wildman–Crippen LogP) is -1.24. The van der Waals surface area contributed by atoms with Gasteiger partial charge in [-0.05, 0) is 0 Å². The standard InChI is InChI=1S/2B.Co.4O/q;;+2;4*-2. The van der Waals surface area contributed by atoms with Crippen molar-refractivity contribution in [2.45, 2.75) is 0 Å². The average Bonchev–Trinajstić information content (AvgIpc) is 0. The Balaban J connectivity index is 0. The molecule has 0 saturated heterocycles.